The maximum atomic E-state index is 11.4. The molecule has 0 saturated carbocycles. The molecule has 8 heteroatoms. The summed E-state index contributed by atoms with van der Waals surface area (Å²) in [6.07, 6.45) is 0. The van der Waals surface area contributed by atoms with E-state index in [0.29, 0.717) is 15.7 Å². The van der Waals surface area contributed by atoms with Crippen LogP contribution in [0.3, 0.4) is 0 Å². The molecule has 1 atom stereocenters. The second-order valence-electron chi connectivity index (χ2n) is 4.50. The molecular weight excluding hydrogens is 333 g/mol. The van der Waals surface area contributed by atoms with E-state index >= 15 is 0 Å². The third-order valence-corrected chi connectivity index (χ3v) is 3.31. The van der Waals surface area contributed by atoms with Gasteiger partial charge in [0, 0.05) is 15.7 Å². The molecule has 2 rings (SSSR count). The highest BCUT2D eigenvalue weighted by atomic mass is 35.5. The van der Waals surface area contributed by atoms with Gasteiger partial charge in [0.05, 0.1) is 0 Å². The summed E-state index contributed by atoms with van der Waals surface area (Å²) >= 11 is 11.7. The molecule has 0 aliphatic rings. The van der Waals surface area contributed by atoms with E-state index < -0.39 is 18.0 Å². The summed E-state index contributed by atoms with van der Waals surface area (Å²) in [6, 6.07) is 4.40. The largest absolute Gasteiger partial charge is 0.479 e. The van der Waals surface area contributed by atoms with Gasteiger partial charge in [-0.15, -0.1) is 0 Å². The maximum Gasteiger partial charge on any atom is 0.339 e. The van der Waals surface area contributed by atoms with Gasteiger partial charge in [-0.2, -0.15) is 0 Å². The van der Waals surface area contributed by atoms with Crippen molar-refractivity contribution in [3.05, 3.63) is 51.4 Å². The van der Waals surface area contributed by atoms with Gasteiger partial charge in [-0.25, -0.2) is 9.59 Å². The van der Waals surface area contributed by atoms with Crippen LogP contribution in [-0.2, 0) is 4.79 Å². The average molecular weight is 344 g/mol. The SMILES string of the molecule is Cc1oc(C(Nc2cc(Cl)cc(Cl)c2)C(=O)O)cc1C(=O)O. The zero-order valence-corrected chi connectivity index (χ0v) is 12.8. The smallest absolute Gasteiger partial charge is 0.339 e. The maximum absolute atomic E-state index is 11.4. The Bertz CT molecular complexity index is 721. The molecule has 0 fully saturated rings. The van der Waals surface area contributed by atoms with Crippen molar-refractivity contribution in [3.63, 3.8) is 0 Å². The van der Waals surface area contributed by atoms with Gasteiger partial charge in [0.15, 0.2) is 6.04 Å². The number of benzene rings is 1. The van der Waals surface area contributed by atoms with Crippen molar-refractivity contribution < 1.29 is 24.2 Å². The lowest BCUT2D eigenvalue weighted by molar-refractivity contribution is -0.138. The van der Waals surface area contributed by atoms with Gasteiger partial charge in [0.25, 0.3) is 0 Å². The minimum absolute atomic E-state index is 0.0292. The van der Waals surface area contributed by atoms with Crippen LogP contribution in [-0.4, -0.2) is 22.2 Å². The molecule has 0 bridgehead atoms. The Morgan fingerprint density at radius 3 is 2.18 bits per heavy atom. The van der Waals surface area contributed by atoms with Crippen molar-refractivity contribution in [2.24, 2.45) is 0 Å². The normalized spacial score (nSPS) is 12.0. The first-order valence-corrected chi connectivity index (χ1v) is 6.82. The summed E-state index contributed by atoms with van der Waals surface area (Å²) in [5, 5.41) is 21.7. The Hall–Kier alpha value is -2.18. The van der Waals surface area contributed by atoms with Gasteiger partial charge in [0.2, 0.25) is 0 Å². The number of aromatic carboxylic acids is 1. The molecular formula is C14H11Cl2NO5. The highest BCUT2D eigenvalue weighted by molar-refractivity contribution is 6.35. The summed E-state index contributed by atoms with van der Waals surface area (Å²) in [5.74, 6) is -2.33. The fourth-order valence-electron chi connectivity index (χ4n) is 1.92. The first-order valence-electron chi connectivity index (χ1n) is 6.07. The van der Waals surface area contributed by atoms with Gasteiger partial charge < -0.3 is 19.9 Å². The van der Waals surface area contributed by atoms with E-state index in [2.05, 4.69) is 5.32 Å². The third-order valence-electron chi connectivity index (χ3n) is 2.87. The quantitative estimate of drug-likeness (QED) is 0.762. The van der Waals surface area contributed by atoms with Crippen LogP contribution in [0, 0.1) is 6.92 Å². The Balaban J connectivity index is 2.36. The minimum atomic E-state index is -1.28. The van der Waals surface area contributed by atoms with Gasteiger partial charge in [-0.3, -0.25) is 0 Å². The van der Waals surface area contributed by atoms with E-state index in [1.54, 1.807) is 0 Å². The lowest BCUT2D eigenvalue weighted by atomic mass is 10.1. The fourth-order valence-corrected chi connectivity index (χ4v) is 2.44. The number of carboxylic acid groups (broad SMARTS) is 2. The molecule has 1 aromatic carbocycles. The van der Waals surface area contributed by atoms with Gasteiger partial charge in [0.1, 0.15) is 17.1 Å². The molecule has 0 saturated heterocycles. The van der Waals surface area contributed by atoms with Crippen LogP contribution >= 0.6 is 23.2 Å². The van der Waals surface area contributed by atoms with E-state index in [-0.39, 0.29) is 17.1 Å². The molecule has 3 N–H and O–H groups in total. The number of hydrogen-bond donors (Lipinski definition) is 3. The van der Waals surface area contributed by atoms with Crippen molar-refractivity contribution in [1.29, 1.82) is 0 Å². The van der Waals surface area contributed by atoms with Crippen molar-refractivity contribution in [1.82, 2.24) is 0 Å². The average Bonchev–Trinajstić information content (AvgIpc) is 2.76. The predicted octanol–water partition coefficient (Wildman–Crippen LogP) is 3.83. The van der Waals surface area contributed by atoms with Crippen molar-refractivity contribution in [3.8, 4) is 0 Å². The van der Waals surface area contributed by atoms with Crippen LogP contribution in [0.2, 0.25) is 10.0 Å². The van der Waals surface area contributed by atoms with E-state index in [1.165, 1.54) is 31.2 Å². The lowest BCUT2D eigenvalue weighted by Crippen LogP contribution is -2.20. The number of nitrogens with one attached hydrogen (secondary N) is 1. The van der Waals surface area contributed by atoms with E-state index in [4.69, 9.17) is 32.7 Å². The second kappa shape index (κ2) is 6.29. The van der Waals surface area contributed by atoms with Crippen LogP contribution in [0.15, 0.2) is 28.7 Å². The number of rotatable bonds is 5. The minimum Gasteiger partial charge on any atom is -0.479 e. The van der Waals surface area contributed by atoms with Crippen LogP contribution in [0.1, 0.15) is 27.9 Å². The highest BCUT2D eigenvalue weighted by Gasteiger charge is 2.26. The van der Waals surface area contributed by atoms with Gasteiger partial charge in [-0.05, 0) is 31.2 Å². The van der Waals surface area contributed by atoms with Crippen LogP contribution in [0.25, 0.3) is 0 Å². The number of furan rings is 1. The molecule has 116 valence electrons. The molecule has 1 unspecified atom stereocenters. The Labute approximate surface area is 135 Å². The van der Waals surface area contributed by atoms with Crippen molar-refractivity contribution in [2.75, 3.05) is 5.32 Å². The standard InChI is InChI=1S/C14H11Cl2NO5/c1-6-10(13(18)19)5-11(22-6)12(14(20)21)17-9-3-7(15)2-8(16)4-9/h2-5,12,17H,1H3,(H,18,19)(H,20,21). The molecule has 1 heterocycles. The Morgan fingerprint density at radius 1 is 1.14 bits per heavy atom. The number of aryl methyl sites for hydroxylation is 1. The number of carboxylic acids is 2. The highest BCUT2D eigenvalue weighted by Crippen LogP contribution is 2.28. The number of halogens is 2. The number of aliphatic carboxylic acids is 1. The first kappa shape index (κ1) is 16.2. The Morgan fingerprint density at radius 2 is 1.73 bits per heavy atom. The molecule has 6 nitrogen and oxygen atoms in total. The van der Waals surface area contributed by atoms with Crippen molar-refractivity contribution >= 4 is 40.8 Å². The number of anilines is 1. The monoisotopic (exact) mass is 343 g/mol. The van der Waals surface area contributed by atoms with E-state index in [1.807, 2.05) is 0 Å². The molecule has 0 radical (unpaired) electrons. The van der Waals surface area contributed by atoms with E-state index in [9.17, 15) is 14.7 Å². The van der Waals surface area contributed by atoms with Crippen LogP contribution < -0.4 is 5.32 Å². The summed E-state index contributed by atoms with van der Waals surface area (Å²) < 4.78 is 5.24. The summed E-state index contributed by atoms with van der Waals surface area (Å²) in [4.78, 5) is 22.4. The topological polar surface area (TPSA) is 99.8 Å². The van der Waals surface area contributed by atoms with Crippen LogP contribution in [0.5, 0.6) is 0 Å². The fraction of sp³-hybridized carbons (Fsp3) is 0.143. The van der Waals surface area contributed by atoms with Gasteiger partial charge in [-0.1, -0.05) is 23.2 Å². The van der Waals surface area contributed by atoms with Crippen LogP contribution in [0.4, 0.5) is 5.69 Å². The predicted molar refractivity (Wildman–Crippen MR) is 80.9 cm³/mol. The molecule has 0 aliphatic carbocycles. The van der Waals surface area contributed by atoms with E-state index in [0.717, 1.165) is 0 Å². The second-order valence-corrected chi connectivity index (χ2v) is 5.37. The molecule has 2 aromatic rings. The molecule has 22 heavy (non-hydrogen) atoms. The summed E-state index contributed by atoms with van der Waals surface area (Å²) in [5.41, 5.74) is 0.281. The molecule has 0 aliphatic heterocycles. The third kappa shape index (κ3) is 3.52. The lowest BCUT2D eigenvalue weighted by Gasteiger charge is -2.14. The number of hydrogen-bond acceptors (Lipinski definition) is 4. The summed E-state index contributed by atoms with van der Waals surface area (Å²) in [7, 11) is 0. The molecule has 0 amide bonds. The Kier molecular flexibility index (Phi) is 4.63. The summed E-state index contributed by atoms with van der Waals surface area (Å²) in [6.45, 7) is 1.45. The first-order chi connectivity index (χ1) is 10.3. The zero-order chi connectivity index (χ0) is 16.4. The zero-order valence-electron chi connectivity index (χ0n) is 11.3. The molecule has 1 aromatic heterocycles. The molecule has 0 spiro atoms. The number of carbonyl (C=O) groups is 2. The van der Waals surface area contributed by atoms with Crippen molar-refractivity contribution in [2.45, 2.75) is 13.0 Å². The van der Waals surface area contributed by atoms with Gasteiger partial charge >= 0.3 is 11.9 Å².